The smallest absolute Gasteiger partial charge is 0.339 e. The molecule has 1 N–H and O–H groups in total. The van der Waals surface area contributed by atoms with Gasteiger partial charge in [-0.15, -0.1) is 0 Å². The summed E-state index contributed by atoms with van der Waals surface area (Å²) in [6.07, 6.45) is 0.959. The van der Waals surface area contributed by atoms with Crippen LogP contribution in [0.1, 0.15) is 56.0 Å². The molecule has 3 heteroatoms. The van der Waals surface area contributed by atoms with Crippen molar-refractivity contribution in [3.05, 3.63) is 29.3 Å². The fourth-order valence-electron chi connectivity index (χ4n) is 1.74. The molecule has 18 heavy (non-hydrogen) atoms. The van der Waals surface area contributed by atoms with Gasteiger partial charge >= 0.3 is 5.97 Å². The van der Waals surface area contributed by atoms with Gasteiger partial charge in [0.25, 0.3) is 0 Å². The van der Waals surface area contributed by atoms with E-state index in [4.69, 9.17) is 4.74 Å². The minimum absolute atomic E-state index is 0.258. The number of rotatable bonds is 6. The maximum atomic E-state index is 11.2. The minimum atomic E-state index is -0.932. The molecule has 100 valence electrons. The molecule has 0 amide bonds. The average molecular weight is 250 g/mol. The quantitative estimate of drug-likeness (QED) is 0.832. The second-order valence-electron chi connectivity index (χ2n) is 5.04. The van der Waals surface area contributed by atoms with Crippen molar-refractivity contribution < 1.29 is 14.6 Å². The standard InChI is InChI=1S/C15H22O3/c1-5-11(4)12-7-6-8-13(15(16)17)14(12)18-9-10(2)3/h6-8,10-11H,5,9H2,1-4H3,(H,16,17). The molecule has 1 atom stereocenters. The van der Waals surface area contributed by atoms with Gasteiger partial charge in [-0.2, -0.15) is 0 Å². The number of carboxylic acids is 1. The van der Waals surface area contributed by atoms with Crippen molar-refractivity contribution in [2.45, 2.75) is 40.0 Å². The van der Waals surface area contributed by atoms with E-state index in [1.165, 1.54) is 0 Å². The van der Waals surface area contributed by atoms with E-state index in [-0.39, 0.29) is 5.56 Å². The van der Waals surface area contributed by atoms with Gasteiger partial charge in [0.05, 0.1) is 6.61 Å². The van der Waals surface area contributed by atoms with E-state index in [2.05, 4.69) is 13.8 Å². The zero-order chi connectivity index (χ0) is 13.7. The largest absolute Gasteiger partial charge is 0.492 e. The van der Waals surface area contributed by atoms with Crippen LogP contribution in [0, 0.1) is 5.92 Å². The van der Waals surface area contributed by atoms with Gasteiger partial charge in [-0.1, -0.05) is 39.8 Å². The molecule has 0 saturated heterocycles. The predicted molar refractivity (Wildman–Crippen MR) is 72.4 cm³/mol. The summed E-state index contributed by atoms with van der Waals surface area (Å²) in [4.78, 5) is 11.2. The molecule has 0 aliphatic heterocycles. The van der Waals surface area contributed by atoms with Crippen molar-refractivity contribution in [2.24, 2.45) is 5.92 Å². The normalized spacial score (nSPS) is 12.5. The first-order valence-electron chi connectivity index (χ1n) is 6.46. The van der Waals surface area contributed by atoms with E-state index in [0.717, 1.165) is 12.0 Å². The molecule has 0 saturated carbocycles. The second kappa shape index (κ2) is 6.43. The highest BCUT2D eigenvalue weighted by atomic mass is 16.5. The lowest BCUT2D eigenvalue weighted by Crippen LogP contribution is -2.11. The first-order valence-corrected chi connectivity index (χ1v) is 6.46. The van der Waals surface area contributed by atoms with Crippen molar-refractivity contribution in [3.8, 4) is 5.75 Å². The number of benzene rings is 1. The minimum Gasteiger partial charge on any atom is -0.492 e. The van der Waals surface area contributed by atoms with Crippen molar-refractivity contribution in [1.29, 1.82) is 0 Å². The van der Waals surface area contributed by atoms with Crippen LogP contribution in [-0.4, -0.2) is 17.7 Å². The predicted octanol–water partition coefficient (Wildman–Crippen LogP) is 3.93. The molecule has 0 aliphatic carbocycles. The van der Waals surface area contributed by atoms with Gasteiger partial charge in [-0.25, -0.2) is 4.79 Å². The van der Waals surface area contributed by atoms with Gasteiger partial charge < -0.3 is 9.84 Å². The number of ether oxygens (including phenoxy) is 1. The molecule has 0 heterocycles. The van der Waals surface area contributed by atoms with Gasteiger partial charge in [0, 0.05) is 0 Å². The third kappa shape index (κ3) is 3.49. The number of carboxylic acid groups (broad SMARTS) is 1. The van der Waals surface area contributed by atoms with Gasteiger partial charge in [0.15, 0.2) is 0 Å². The molecule has 0 aliphatic rings. The Labute approximate surface area is 109 Å². The summed E-state index contributed by atoms with van der Waals surface area (Å²) in [5, 5.41) is 9.23. The van der Waals surface area contributed by atoms with Gasteiger partial charge in [-0.05, 0) is 29.9 Å². The molecule has 0 radical (unpaired) electrons. The molecule has 0 aromatic heterocycles. The molecule has 0 spiro atoms. The monoisotopic (exact) mass is 250 g/mol. The Morgan fingerprint density at radius 1 is 1.33 bits per heavy atom. The Bertz CT molecular complexity index is 410. The maximum absolute atomic E-state index is 11.2. The van der Waals surface area contributed by atoms with Crippen LogP contribution >= 0.6 is 0 Å². The van der Waals surface area contributed by atoms with Crippen LogP contribution in [0.5, 0.6) is 5.75 Å². The first-order chi connectivity index (χ1) is 8.47. The van der Waals surface area contributed by atoms with Crippen LogP contribution in [0.3, 0.4) is 0 Å². The van der Waals surface area contributed by atoms with Crippen molar-refractivity contribution >= 4 is 5.97 Å². The third-order valence-electron chi connectivity index (χ3n) is 2.98. The fourth-order valence-corrected chi connectivity index (χ4v) is 1.74. The lowest BCUT2D eigenvalue weighted by atomic mass is 9.95. The number of hydrogen-bond donors (Lipinski definition) is 1. The molecule has 1 aromatic carbocycles. The van der Waals surface area contributed by atoms with E-state index < -0.39 is 5.97 Å². The highest BCUT2D eigenvalue weighted by Gasteiger charge is 2.18. The lowest BCUT2D eigenvalue weighted by molar-refractivity contribution is 0.0691. The molecule has 3 nitrogen and oxygen atoms in total. The summed E-state index contributed by atoms with van der Waals surface area (Å²) in [6, 6.07) is 5.34. The summed E-state index contributed by atoms with van der Waals surface area (Å²) in [6.45, 7) is 8.81. The van der Waals surface area contributed by atoms with Crippen molar-refractivity contribution in [3.63, 3.8) is 0 Å². The van der Waals surface area contributed by atoms with Crippen molar-refractivity contribution in [2.75, 3.05) is 6.61 Å². The van der Waals surface area contributed by atoms with Crippen LogP contribution in [0.25, 0.3) is 0 Å². The first kappa shape index (κ1) is 14.6. The fraction of sp³-hybridized carbons (Fsp3) is 0.533. The second-order valence-corrected chi connectivity index (χ2v) is 5.04. The van der Waals surface area contributed by atoms with E-state index in [1.54, 1.807) is 12.1 Å². The highest BCUT2D eigenvalue weighted by molar-refractivity contribution is 5.91. The zero-order valence-electron chi connectivity index (χ0n) is 11.6. The van der Waals surface area contributed by atoms with E-state index in [9.17, 15) is 9.90 Å². The highest BCUT2D eigenvalue weighted by Crippen LogP contribution is 2.32. The third-order valence-corrected chi connectivity index (χ3v) is 2.98. The number of hydrogen-bond acceptors (Lipinski definition) is 2. The molecular weight excluding hydrogens is 228 g/mol. The van der Waals surface area contributed by atoms with Crippen molar-refractivity contribution in [1.82, 2.24) is 0 Å². The summed E-state index contributed by atoms with van der Waals surface area (Å²) >= 11 is 0. The number of aromatic carboxylic acids is 1. The van der Waals surface area contributed by atoms with Gasteiger partial charge in [-0.3, -0.25) is 0 Å². The maximum Gasteiger partial charge on any atom is 0.339 e. The summed E-state index contributed by atoms with van der Waals surface area (Å²) in [5.74, 6) is 0.273. The Hall–Kier alpha value is -1.51. The van der Waals surface area contributed by atoms with Crippen LogP contribution in [-0.2, 0) is 0 Å². The summed E-state index contributed by atoms with van der Waals surface area (Å²) < 4.78 is 5.73. The molecule has 1 unspecified atom stereocenters. The summed E-state index contributed by atoms with van der Waals surface area (Å²) in [5.41, 5.74) is 1.24. The SMILES string of the molecule is CCC(C)c1cccc(C(=O)O)c1OCC(C)C. The number of carbonyl (C=O) groups is 1. The topological polar surface area (TPSA) is 46.5 Å². The zero-order valence-corrected chi connectivity index (χ0v) is 11.6. The van der Waals surface area contributed by atoms with Crippen LogP contribution in [0.4, 0.5) is 0 Å². The van der Waals surface area contributed by atoms with E-state index in [0.29, 0.717) is 24.2 Å². The summed E-state index contributed by atoms with van der Waals surface area (Å²) in [7, 11) is 0. The molecule has 0 bridgehead atoms. The van der Waals surface area contributed by atoms with Crippen LogP contribution in [0.2, 0.25) is 0 Å². The van der Waals surface area contributed by atoms with Crippen LogP contribution < -0.4 is 4.74 Å². The molecule has 0 fully saturated rings. The lowest BCUT2D eigenvalue weighted by Gasteiger charge is -2.18. The van der Waals surface area contributed by atoms with Gasteiger partial charge in [0.2, 0.25) is 0 Å². The van der Waals surface area contributed by atoms with E-state index in [1.807, 2.05) is 19.9 Å². The van der Waals surface area contributed by atoms with Crippen LogP contribution in [0.15, 0.2) is 18.2 Å². The average Bonchev–Trinajstić information content (AvgIpc) is 2.34. The molecule has 1 rings (SSSR count). The molecule has 1 aromatic rings. The Morgan fingerprint density at radius 3 is 2.50 bits per heavy atom. The Kier molecular flexibility index (Phi) is 5.20. The van der Waals surface area contributed by atoms with Gasteiger partial charge in [0.1, 0.15) is 11.3 Å². The Morgan fingerprint density at radius 2 is 2.00 bits per heavy atom. The van der Waals surface area contributed by atoms with E-state index >= 15 is 0 Å². The molecular formula is C15H22O3. The number of para-hydroxylation sites is 1. The Balaban J connectivity index is 3.16.